The number of amides is 1. The fraction of sp³-hybridized carbons (Fsp3) is 0.320. The highest BCUT2D eigenvalue weighted by Crippen LogP contribution is 2.24. The Hall–Kier alpha value is -2.86. The standard InChI is InChI=1S/C25H28N4OS/c1-18-5-9-20(10-6-18)23-13-14-24(28-27-23)29-15-3-4-21(17-29)25(30)26-16-19-7-11-22(31-2)12-8-19/h5-14,21H,3-4,15-17H2,1-2H3,(H,26,30)/t21-/m1/s1. The molecule has 1 aliphatic heterocycles. The molecular weight excluding hydrogens is 404 g/mol. The number of anilines is 1. The van der Waals surface area contributed by atoms with Gasteiger partial charge in [0, 0.05) is 30.1 Å². The maximum Gasteiger partial charge on any atom is 0.225 e. The Kier molecular flexibility index (Phi) is 6.87. The highest BCUT2D eigenvalue weighted by Gasteiger charge is 2.26. The predicted molar refractivity (Wildman–Crippen MR) is 127 cm³/mol. The second-order valence-electron chi connectivity index (χ2n) is 7.99. The number of thioether (sulfide) groups is 1. The van der Waals surface area contributed by atoms with Crippen LogP contribution >= 0.6 is 11.8 Å². The van der Waals surface area contributed by atoms with E-state index >= 15 is 0 Å². The van der Waals surface area contributed by atoms with E-state index < -0.39 is 0 Å². The molecule has 1 amide bonds. The summed E-state index contributed by atoms with van der Waals surface area (Å²) in [5.41, 5.74) is 4.27. The van der Waals surface area contributed by atoms with Crippen LogP contribution in [0.1, 0.15) is 24.0 Å². The molecule has 0 bridgehead atoms. The molecular formula is C25H28N4OS. The van der Waals surface area contributed by atoms with Crippen molar-refractivity contribution in [1.29, 1.82) is 0 Å². The largest absolute Gasteiger partial charge is 0.354 e. The predicted octanol–water partition coefficient (Wildman–Crippen LogP) is 4.71. The number of rotatable bonds is 6. The number of nitrogens with one attached hydrogen (secondary N) is 1. The van der Waals surface area contributed by atoms with E-state index in [4.69, 9.17) is 0 Å². The van der Waals surface area contributed by atoms with Gasteiger partial charge in [0.2, 0.25) is 5.91 Å². The van der Waals surface area contributed by atoms with Crippen molar-refractivity contribution in [3.05, 3.63) is 71.8 Å². The summed E-state index contributed by atoms with van der Waals surface area (Å²) in [6.07, 6.45) is 3.94. The number of benzene rings is 2. The second kappa shape index (κ2) is 9.96. The van der Waals surface area contributed by atoms with Crippen LogP contribution in [0.4, 0.5) is 5.82 Å². The van der Waals surface area contributed by atoms with Crippen LogP contribution in [-0.4, -0.2) is 35.4 Å². The van der Waals surface area contributed by atoms with Crippen molar-refractivity contribution in [2.75, 3.05) is 24.2 Å². The molecule has 1 fully saturated rings. The van der Waals surface area contributed by atoms with E-state index in [2.05, 4.69) is 82.1 Å². The van der Waals surface area contributed by atoms with E-state index in [9.17, 15) is 4.79 Å². The first-order valence-corrected chi connectivity index (χ1v) is 11.9. The average Bonchev–Trinajstić information content (AvgIpc) is 2.83. The molecule has 0 aliphatic carbocycles. The summed E-state index contributed by atoms with van der Waals surface area (Å²) in [4.78, 5) is 16.2. The van der Waals surface area contributed by atoms with Gasteiger partial charge in [0.25, 0.3) is 0 Å². The Labute approximate surface area is 188 Å². The monoisotopic (exact) mass is 432 g/mol. The van der Waals surface area contributed by atoms with Crippen molar-refractivity contribution in [3.63, 3.8) is 0 Å². The maximum atomic E-state index is 12.8. The number of carbonyl (C=O) groups is 1. The van der Waals surface area contributed by atoms with Crippen molar-refractivity contribution in [3.8, 4) is 11.3 Å². The molecule has 4 rings (SSSR count). The Morgan fingerprint density at radius 2 is 1.84 bits per heavy atom. The third kappa shape index (κ3) is 5.44. The smallest absolute Gasteiger partial charge is 0.225 e. The highest BCUT2D eigenvalue weighted by molar-refractivity contribution is 7.98. The molecule has 1 aromatic heterocycles. The first kappa shape index (κ1) is 21.4. The van der Waals surface area contributed by atoms with E-state index in [1.165, 1.54) is 10.5 Å². The third-order valence-corrected chi connectivity index (χ3v) is 6.48. The zero-order chi connectivity index (χ0) is 21.6. The van der Waals surface area contributed by atoms with Crippen molar-refractivity contribution in [2.45, 2.75) is 31.2 Å². The van der Waals surface area contributed by atoms with Gasteiger partial charge in [0.05, 0.1) is 11.6 Å². The number of piperidine rings is 1. The van der Waals surface area contributed by atoms with Crippen LogP contribution < -0.4 is 10.2 Å². The molecule has 0 radical (unpaired) electrons. The maximum absolute atomic E-state index is 12.8. The first-order chi connectivity index (χ1) is 15.1. The van der Waals surface area contributed by atoms with Crippen LogP contribution in [0.25, 0.3) is 11.3 Å². The van der Waals surface area contributed by atoms with Gasteiger partial charge in [0.15, 0.2) is 5.82 Å². The van der Waals surface area contributed by atoms with E-state index in [0.29, 0.717) is 13.1 Å². The van der Waals surface area contributed by atoms with Gasteiger partial charge in [-0.05, 0) is 55.9 Å². The lowest BCUT2D eigenvalue weighted by Gasteiger charge is -2.32. The summed E-state index contributed by atoms with van der Waals surface area (Å²) < 4.78 is 0. The first-order valence-electron chi connectivity index (χ1n) is 10.7. The molecule has 0 saturated carbocycles. The van der Waals surface area contributed by atoms with Crippen LogP contribution in [0, 0.1) is 12.8 Å². The Bertz CT molecular complexity index is 1000. The van der Waals surface area contributed by atoms with Crippen LogP contribution in [0.15, 0.2) is 65.6 Å². The molecule has 1 N–H and O–H groups in total. The zero-order valence-electron chi connectivity index (χ0n) is 18.0. The summed E-state index contributed by atoms with van der Waals surface area (Å²) in [6.45, 7) is 4.21. The fourth-order valence-electron chi connectivity index (χ4n) is 3.85. The van der Waals surface area contributed by atoms with Gasteiger partial charge in [-0.25, -0.2) is 0 Å². The SMILES string of the molecule is CSc1ccc(CNC(=O)[C@@H]2CCCN(c3ccc(-c4ccc(C)cc4)nn3)C2)cc1. The molecule has 5 nitrogen and oxygen atoms in total. The van der Waals surface area contributed by atoms with E-state index in [1.54, 1.807) is 11.8 Å². The van der Waals surface area contributed by atoms with E-state index in [-0.39, 0.29) is 11.8 Å². The molecule has 2 aromatic carbocycles. The zero-order valence-corrected chi connectivity index (χ0v) is 18.9. The normalized spacial score (nSPS) is 16.2. The molecule has 0 spiro atoms. The molecule has 1 atom stereocenters. The summed E-state index contributed by atoms with van der Waals surface area (Å²) in [5.74, 6) is 0.918. The van der Waals surface area contributed by atoms with Gasteiger partial charge in [-0.2, -0.15) is 0 Å². The third-order valence-electron chi connectivity index (χ3n) is 5.74. The molecule has 0 unspecified atom stereocenters. The molecule has 1 saturated heterocycles. The van der Waals surface area contributed by atoms with Gasteiger partial charge in [-0.3, -0.25) is 4.79 Å². The van der Waals surface area contributed by atoms with Gasteiger partial charge in [0.1, 0.15) is 0 Å². The minimum Gasteiger partial charge on any atom is -0.354 e. The van der Waals surface area contributed by atoms with Gasteiger partial charge < -0.3 is 10.2 Å². The van der Waals surface area contributed by atoms with E-state index in [0.717, 1.165) is 42.0 Å². The molecule has 1 aliphatic rings. The number of nitrogens with zero attached hydrogens (tertiary/aromatic N) is 3. The Balaban J connectivity index is 1.35. The molecule has 160 valence electrons. The summed E-state index contributed by atoms with van der Waals surface area (Å²) in [6, 6.07) is 20.6. The van der Waals surface area contributed by atoms with Gasteiger partial charge >= 0.3 is 0 Å². The fourth-order valence-corrected chi connectivity index (χ4v) is 4.26. The second-order valence-corrected chi connectivity index (χ2v) is 8.87. The Morgan fingerprint density at radius 3 is 2.52 bits per heavy atom. The van der Waals surface area contributed by atoms with Gasteiger partial charge in [-0.15, -0.1) is 22.0 Å². The van der Waals surface area contributed by atoms with Crippen LogP contribution in [-0.2, 0) is 11.3 Å². The molecule has 3 aromatic rings. The van der Waals surface area contributed by atoms with Crippen molar-refractivity contribution in [2.24, 2.45) is 5.92 Å². The number of carbonyl (C=O) groups excluding carboxylic acids is 1. The van der Waals surface area contributed by atoms with Crippen molar-refractivity contribution in [1.82, 2.24) is 15.5 Å². The summed E-state index contributed by atoms with van der Waals surface area (Å²) >= 11 is 1.72. The summed E-state index contributed by atoms with van der Waals surface area (Å²) in [7, 11) is 0. The van der Waals surface area contributed by atoms with Crippen molar-refractivity contribution < 1.29 is 4.79 Å². The van der Waals surface area contributed by atoms with Crippen LogP contribution in [0.3, 0.4) is 0 Å². The van der Waals surface area contributed by atoms with Crippen molar-refractivity contribution >= 4 is 23.5 Å². The lowest BCUT2D eigenvalue weighted by Crippen LogP contribution is -2.43. The van der Waals surface area contributed by atoms with E-state index in [1.807, 2.05) is 12.1 Å². The lowest BCUT2D eigenvalue weighted by molar-refractivity contribution is -0.125. The minimum absolute atomic E-state index is 0.0298. The highest BCUT2D eigenvalue weighted by atomic mass is 32.2. The topological polar surface area (TPSA) is 58.1 Å². The summed E-state index contributed by atoms with van der Waals surface area (Å²) in [5, 5.41) is 12.0. The number of hydrogen-bond donors (Lipinski definition) is 1. The number of aromatic nitrogens is 2. The van der Waals surface area contributed by atoms with Gasteiger partial charge in [-0.1, -0.05) is 42.0 Å². The van der Waals surface area contributed by atoms with Crippen LogP contribution in [0.5, 0.6) is 0 Å². The number of hydrogen-bond acceptors (Lipinski definition) is 5. The Morgan fingerprint density at radius 1 is 1.06 bits per heavy atom. The average molecular weight is 433 g/mol. The minimum atomic E-state index is -0.0298. The lowest BCUT2D eigenvalue weighted by atomic mass is 9.97. The molecule has 2 heterocycles. The van der Waals surface area contributed by atoms with Crippen LogP contribution in [0.2, 0.25) is 0 Å². The molecule has 31 heavy (non-hydrogen) atoms. The number of aryl methyl sites for hydroxylation is 1. The quantitative estimate of drug-likeness (QED) is 0.572. The molecule has 6 heteroatoms.